The van der Waals surface area contributed by atoms with E-state index in [9.17, 15) is 4.79 Å². The molecule has 1 N–H and O–H groups in total. The third-order valence-electron chi connectivity index (χ3n) is 3.93. The van der Waals surface area contributed by atoms with Gasteiger partial charge in [-0.05, 0) is 12.8 Å². The molecule has 8 heteroatoms. The second kappa shape index (κ2) is 5.96. The minimum atomic E-state index is -0.316. The first-order chi connectivity index (χ1) is 11.3. The average molecular weight is 315 g/mol. The number of hydrogen-bond donors (Lipinski definition) is 1. The fourth-order valence-corrected chi connectivity index (χ4v) is 2.46. The predicted octanol–water partition coefficient (Wildman–Crippen LogP) is 1.43. The maximum atomic E-state index is 12.1. The quantitative estimate of drug-likeness (QED) is 0.912. The Morgan fingerprint density at radius 2 is 1.96 bits per heavy atom. The summed E-state index contributed by atoms with van der Waals surface area (Å²) in [6, 6.07) is 1.70. The van der Waals surface area contributed by atoms with Crippen LogP contribution in [0.15, 0.2) is 23.0 Å². The zero-order valence-corrected chi connectivity index (χ0v) is 12.6. The van der Waals surface area contributed by atoms with Crippen molar-refractivity contribution in [2.45, 2.75) is 18.8 Å². The van der Waals surface area contributed by atoms with Crippen LogP contribution in [0.25, 0.3) is 0 Å². The van der Waals surface area contributed by atoms with Gasteiger partial charge in [0.05, 0.1) is 31.3 Å². The number of rotatable bonds is 4. The molecule has 0 bridgehead atoms. The summed E-state index contributed by atoms with van der Waals surface area (Å²) in [5.74, 6) is 1.54. The number of ether oxygens (including phenoxy) is 1. The SMILES string of the molecule is O=C(Nc1cnc(N2CCOCC2)nc1)c1cc(C2CC2)on1. The average Bonchev–Trinajstić information content (AvgIpc) is 3.33. The van der Waals surface area contributed by atoms with Gasteiger partial charge in [0.15, 0.2) is 5.69 Å². The molecular weight excluding hydrogens is 298 g/mol. The highest BCUT2D eigenvalue weighted by Crippen LogP contribution is 2.40. The Kier molecular flexibility index (Phi) is 3.66. The first-order valence-electron chi connectivity index (χ1n) is 7.72. The third-order valence-corrected chi connectivity index (χ3v) is 3.93. The Labute approximate surface area is 132 Å². The fraction of sp³-hybridized carbons (Fsp3) is 0.467. The lowest BCUT2D eigenvalue weighted by Gasteiger charge is -2.26. The van der Waals surface area contributed by atoms with Crippen LogP contribution < -0.4 is 10.2 Å². The molecule has 1 amide bonds. The van der Waals surface area contributed by atoms with Crippen molar-refractivity contribution in [3.05, 3.63) is 29.9 Å². The molecule has 120 valence electrons. The van der Waals surface area contributed by atoms with Crippen LogP contribution in [-0.2, 0) is 4.74 Å². The Balaban J connectivity index is 1.40. The van der Waals surface area contributed by atoms with E-state index in [0.717, 1.165) is 31.7 Å². The molecule has 0 atom stereocenters. The normalized spacial score (nSPS) is 18.0. The number of nitrogens with zero attached hydrogens (tertiary/aromatic N) is 4. The number of amides is 1. The Hall–Kier alpha value is -2.48. The third kappa shape index (κ3) is 3.16. The number of aromatic nitrogens is 3. The Bertz CT molecular complexity index is 689. The molecule has 2 aromatic rings. The monoisotopic (exact) mass is 315 g/mol. The molecular formula is C15H17N5O3. The highest BCUT2D eigenvalue weighted by molar-refractivity contribution is 6.02. The van der Waals surface area contributed by atoms with E-state index in [1.54, 1.807) is 18.5 Å². The van der Waals surface area contributed by atoms with Crippen molar-refractivity contribution in [1.82, 2.24) is 15.1 Å². The van der Waals surface area contributed by atoms with Gasteiger partial charge in [0.25, 0.3) is 5.91 Å². The van der Waals surface area contributed by atoms with E-state index >= 15 is 0 Å². The van der Waals surface area contributed by atoms with Crippen molar-refractivity contribution < 1.29 is 14.1 Å². The molecule has 2 aliphatic rings. The molecule has 2 fully saturated rings. The molecule has 8 nitrogen and oxygen atoms in total. The first-order valence-corrected chi connectivity index (χ1v) is 7.72. The number of nitrogens with one attached hydrogen (secondary N) is 1. The Morgan fingerprint density at radius 3 is 2.65 bits per heavy atom. The van der Waals surface area contributed by atoms with Crippen LogP contribution in [0, 0.1) is 0 Å². The fourth-order valence-electron chi connectivity index (χ4n) is 2.46. The summed E-state index contributed by atoms with van der Waals surface area (Å²) >= 11 is 0. The van der Waals surface area contributed by atoms with Gasteiger partial charge in [-0.1, -0.05) is 5.16 Å². The van der Waals surface area contributed by atoms with Gasteiger partial charge in [-0.15, -0.1) is 0 Å². The van der Waals surface area contributed by atoms with Crippen LogP contribution >= 0.6 is 0 Å². The minimum absolute atomic E-state index is 0.282. The van der Waals surface area contributed by atoms with Gasteiger partial charge in [-0.2, -0.15) is 0 Å². The zero-order valence-electron chi connectivity index (χ0n) is 12.6. The van der Waals surface area contributed by atoms with Crippen molar-refractivity contribution in [3.63, 3.8) is 0 Å². The van der Waals surface area contributed by atoms with Crippen LogP contribution in [0.3, 0.4) is 0 Å². The molecule has 1 aliphatic carbocycles. The number of carbonyl (C=O) groups is 1. The lowest BCUT2D eigenvalue weighted by atomic mass is 10.3. The lowest BCUT2D eigenvalue weighted by molar-refractivity contribution is 0.101. The van der Waals surface area contributed by atoms with Gasteiger partial charge in [0.2, 0.25) is 5.95 Å². The highest BCUT2D eigenvalue weighted by Gasteiger charge is 2.29. The van der Waals surface area contributed by atoms with Crippen molar-refractivity contribution >= 4 is 17.5 Å². The van der Waals surface area contributed by atoms with E-state index in [2.05, 4.69) is 25.3 Å². The molecule has 4 rings (SSSR count). The molecule has 23 heavy (non-hydrogen) atoms. The van der Waals surface area contributed by atoms with E-state index < -0.39 is 0 Å². The van der Waals surface area contributed by atoms with Crippen molar-refractivity contribution in [1.29, 1.82) is 0 Å². The van der Waals surface area contributed by atoms with Crippen LogP contribution in [0.5, 0.6) is 0 Å². The number of anilines is 2. The van der Waals surface area contributed by atoms with Gasteiger partial charge >= 0.3 is 0 Å². The summed E-state index contributed by atoms with van der Waals surface area (Å²) in [6.07, 6.45) is 5.40. The maximum Gasteiger partial charge on any atom is 0.277 e. The lowest BCUT2D eigenvalue weighted by Crippen LogP contribution is -2.37. The molecule has 2 aromatic heterocycles. The molecule has 1 saturated heterocycles. The van der Waals surface area contributed by atoms with E-state index in [1.165, 1.54) is 0 Å². The topological polar surface area (TPSA) is 93.4 Å². The molecule has 3 heterocycles. The number of carbonyl (C=O) groups excluding carboxylic acids is 1. The molecule has 0 unspecified atom stereocenters. The molecule has 0 radical (unpaired) electrons. The van der Waals surface area contributed by atoms with E-state index in [-0.39, 0.29) is 11.6 Å². The van der Waals surface area contributed by atoms with Crippen molar-refractivity contribution in [2.24, 2.45) is 0 Å². The van der Waals surface area contributed by atoms with Gasteiger partial charge in [-0.25, -0.2) is 9.97 Å². The van der Waals surface area contributed by atoms with E-state index in [1.807, 2.05) is 0 Å². The largest absolute Gasteiger partial charge is 0.378 e. The van der Waals surface area contributed by atoms with Gasteiger partial charge in [-0.3, -0.25) is 4.79 Å². The van der Waals surface area contributed by atoms with Crippen molar-refractivity contribution in [2.75, 3.05) is 36.5 Å². The van der Waals surface area contributed by atoms with E-state index in [0.29, 0.717) is 30.8 Å². The van der Waals surface area contributed by atoms with Gasteiger partial charge in [0.1, 0.15) is 5.76 Å². The standard InChI is InChI=1S/C15H17N5O3/c21-14(12-7-13(23-19-12)10-1-2-10)18-11-8-16-15(17-9-11)20-3-5-22-6-4-20/h7-10H,1-6H2,(H,18,21). The number of morpholine rings is 1. The van der Waals surface area contributed by atoms with Crippen LogP contribution in [0.2, 0.25) is 0 Å². The predicted molar refractivity (Wildman–Crippen MR) is 81.5 cm³/mol. The molecule has 0 aromatic carbocycles. The summed E-state index contributed by atoms with van der Waals surface area (Å²) in [6.45, 7) is 2.90. The van der Waals surface area contributed by atoms with Crippen LogP contribution in [0.1, 0.15) is 35.0 Å². The second-order valence-electron chi connectivity index (χ2n) is 5.71. The minimum Gasteiger partial charge on any atom is -0.378 e. The summed E-state index contributed by atoms with van der Waals surface area (Å²) < 4.78 is 10.5. The zero-order chi connectivity index (χ0) is 15.6. The highest BCUT2D eigenvalue weighted by atomic mass is 16.5. The summed E-state index contributed by atoms with van der Waals surface area (Å²) in [4.78, 5) is 22.8. The Morgan fingerprint density at radius 1 is 1.22 bits per heavy atom. The van der Waals surface area contributed by atoms with Gasteiger partial charge in [0, 0.05) is 25.1 Å². The second-order valence-corrected chi connectivity index (χ2v) is 5.71. The number of hydrogen-bond acceptors (Lipinski definition) is 7. The molecule has 1 aliphatic heterocycles. The summed E-state index contributed by atoms with van der Waals surface area (Å²) in [5.41, 5.74) is 0.812. The van der Waals surface area contributed by atoms with Gasteiger partial charge < -0.3 is 19.5 Å². The molecule has 1 saturated carbocycles. The maximum absolute atomic E-state index is 12.1. The summed E-state index contributed by atoms with van der Waals surface area (Å²) in [5, 5.41) is 6.55. The van der Waals surface area contributed by atoms with Crippen LogP contribution in [-0.4, -0.2) is 47.3 Å². The van der Waals surface area contributed by atoms with Crippen LogP contribution in [0.4, 0.5) is 11.6 Å². The van der Waals surface area contributed by atoms with E-state index in [4.69, 9.17) is 9.26 Å². The summed E-state index contributed by atoms with van der Waals surface area (Å²) in [7, 11) is 0. The first kappa shape index (κ1) is 14.1. The molecule has 0 spiro atoms. The smallest absolute Gasteiger partial charge is 0.277 e. The van der Waals surface area contributed by atoms with Crippen molar-refractivity contribution in [3.8, 4) is 0 Å².